The Morgan fingerprint density at radius 3 is 2.78 bits per heavy atom. The lowest BCUT2D eigenvalue weighted by molar-refractivity contribution is -0.739. The number of nitrogens with one attached hydrogen (secondary N) is 1. The Labute approximate surface area is 109 Å². The van der Waals surface area contributed by atoms with E-state index >= 15 is 0 Å². The van der Waals surface area contributed by atoms with Gasteiger partial charge in [-0.3, -0.25) is 14.6 Å². The first-order valence-corrected chi connectivity index (χ1v) is 6.44. The van der Waals surface area contributed by atoms with Crippen LogP contribution in [0.25, 0.3) is 0 Å². The zero-order chi connectivity index (χ0) is 13.0. The van der Waals surface area contributed by atoms with E-state index < -0.39 is 0 Å². The van der Waals surface area contributed by atoms with E-state index in [1.54, 1.807) is 13.2 Å². The van der Waals surface area contributed by atoms with Crippen molar-refractivity contribution in [1.29, 1.82) is 0 Å². The minimum Gasteiger partial charge on any atom is -0.288 e. The highest BCUT2D eigenvalue weighted by atomic mass is 32.2. The molecule has 0 fully saturated rings. The summed E-state index contributed by atoms with van der Waals surface area (Å²) in [5.74, 6) is 0.581. The molecule has 18 heavy (non-hydrogen) atoms. The Bertz CT molecular complexity index is 537. The number of carbonyl (C=O) groups excluding carboxylic acids is 1. The summed E-state index contributed by atoms with van der Waals surface area (Å²) in [5.41, 5.74) is 1.21. The number of rotatable bonds is 4. The Morgan fingerprint density at radius 2 is 2.17 bits per heavy atom. The third-order valence-electron chi connectivity index (χ3n) is 2.23. The zero-order valence-electron chi connectivity index (χ0n) is 10.2. The molecule has 0 spiro atoms. The SMILES string of the molecule is Cc1ccc(SCC(=O)Nc2c[n+](C)no2)cc1. The largest absolute Gasteiger partial charge is 0.302 e. The first kappa shape index (κ1) is 12.6. The predicted octanol–water partition coefficient (Wildman–Crippen LogP) is 1.54. The third-order valence-corrected chi connectivity index (χ3v) is 3.24. The molecule has 0 atom stereocenters. The van der Waals surface area contributed by atoms with Gasteiger partial charge in [0.05, 0.1) is 5.75 Å². The highest BCUT2D eigenvalue weighted by molar-refractivity contribution is 8.00. The summed E-state index contributed by atoms with van der Waals surface area (Å²) in [4.78, 5) is 12.7. The fourth-order valence-corrected chi connectivity index (χ4v) is 2.04. The van der Waals surface area contributed by atoms with E-state index in [2.05, 4.69) is 10.6 Å². The number of aromatic nitrogens is 2. The Morgan fingerprint density at radius 1 is 1.44 bits per heavy atom. The molecule has 1 aromatic heterocycles. The average Bonchev–Trinajstić information content (AvgIpc) is 2.74. The van der Waals surface area contributed by atoms with Crippen LogP contribution in [-0.2, 0) is 11.8 Å². The Kier molecular flexibility index (Phi) is 3.99. The lowest BCUT2D eigenvalue weighted by Crippen LogP contribution is -2.28. The molecular weight excluding hydrogens is 250 g/mol. The molecule has 2 rings (SSSR count). The predicted molar refractivity (Wildman–Crippen MR) is 68.2 cm³/mol. The number of carbonyl (C=O) groups is 1. The van der Waals surface area contributed by atoms with Gasteiger partial charge in [0.15, 0.2) is 12.3 Å². The van der Waals surface area contributed by atoms with E-state index in [1.807, 2.05) is 31.2 Å². The molecule has 0 saturated carbocycles. The normalized spacial score (nSPS) is 10.3. The molecule has 2 aromatic rings. The van der Waals surface area contributed by atoms with Crippen LogP contribution in [0.15, 0.2) is 39.9 Å². The highest BCUT2D eigenvalue weighted by Crippen LogP contribution is 2.18. The van der Waals surface area contributed by atoms with Crippen molar-refractivity contribution in [2.24, 2.45) is 7.05 Å². The van der Waals surface area contributed by atoms with Crippen molar-refractivity contribution in [3.05, 3.63) is 36.0 Å². The summed E-state index contributed by atoms with van der Waals surface area (Å²) in [6.45, 7) is 2.03. The minimum atomic E-state index is -0.114. The monoisotopic (exact) mass is 264 g/mol. The minimum absolute atomic E-state index is 0.114. The lowest BCUT2D eigenvalue weighted by Gasteiger charge is -2.01. The molecule has 0 aliphatic heterocycles. The summed E-state index contributed by atoms with van der Waals surface area (Å²) in [7, 11) is 1.72. The first-order chi connectivity index (χ1) is 8.63. The summed E-state index contributed by atoms with van der Waals surface area (Å²) in [6.07, 6.45) is 1.61. The zero-order valence-corrected chi connectivity index (χ0v) is 11.0. The average molecular weight is 264 g/mol. The van der Waals surface area contributed by atoms with Crippen LogP contribution in [0, 0.1) is 6.92 Å². The van der Waals surface area contributed by atoms with Gasteiger partial charge in [-0.1, -0.05) is 22.4 Å². The molecule has 1 amide bonds. The van der Waals surface area contributed by atoms with Gasteiger partial charge in [0, 0.05) is 4.90 Å². The second kappa shape index (κ2) is 5.68. The van der Waals surface area contributed by atoms with Crippen LogP contribution >= 0.6 is 11.8 Å². The second-order valence-electron chi connectivity index (χ2n) is 3.89. The van der Waals surface area contributed by atoms with Crippen molar-refractivity contribution >= 4 is 23.6 Å². The van der Waals surface area contributed by atoms with Crippen molar-refractivity contribution in [3.8, 4) is 0 Å². The van der Waals surface area contributed by atoms with Crippen molar-refractivity contribution in [1.82, 2.24) is 5.27 Å². The number of thioether (sulfide) groups is 1. The van der Waals surface area contributed by atoms with E-state index in [0.717, 1.165) is 4.90 Å². The van der Waals surface area contributed by atoms with Gasteiger partial charge in [-0.15, -0.1) is 11.8 Å². The van der Waals surface area contributed by atoms with Gasteiger partial charge in [-0.05, 0) is 19.1 Å². The van der Waals surface area contributed by atoms with Gasteiger partial charge in [0.1, 0.15) is 0 Å². The summed E-state index contributed by atoms with van der Waals surface area (Å²) in [5, 5.41) is 6.25. The van der Waals surface area contributed by atoms with E-state index in [9.17, 15) is 4.79 Å². The number of hydrogen-bond donors (Lipinski definition) is 1. The van der Waals surface area contributed by atoms with Crippen LogP contribution in [0.5, 0.6) is 0 Å². The number of amides is 1. The van der Waals surface area contributed by atoms with Crippen LogP contribution in [-0.4, -0.2) is 16.9 Å². The standard InChI is InChI=1S/C12H13N3O2S/c1-9-3-5-10(6-4-9)18-8-11(16)13-12-7-15(2)14-17-12/h3-7H,8H2,1-2H3/p+1. The van der Waals surface area contributed by atoms with E-state index in [-0.39, 0.29) is 5.91 Å². The van der Waals surface area contributed by atoms with Gasteiger partial charge in [0.25, 0.3) is 6.20 Å². The van der Waals surface area contributed by atoms with E-state index in [0.29, 0.717) is 11.6 Å². The van der Waals surface area contributed by atoms with Gasteiger partial charge in [-0.25, -0.2) is 0 Å². The third kappa shape index (κ3) is 3.59. The topological polar surface area (TPSA) is 59.0 Å². The fraction of sp³-hybridized carbons (Fsp3) is 0.250. The molecule has 0 saturated heterocycles. The Balaban J connectivity index is 1.83. The Hall–Kier alpha value is -1.82. The van der Waals surface area contributed by atoms with Crippen LogP contribution in [0.2, 0.25) is 0 Å². The first-order valence-electron chi connectivity index (χ1n) is 5.45. The number of hydrogen-bond acceptors (Lipinski definition) is 4. The van der Waals surface area contributed by atoms with Gasteiger partial charge >= 0.3 is 5.88 Å². The number of nitrogens with zero attached hydrogens (tertiary/aromatic N) is 2. The molecule has 0 aliphatic carbocycles. The maximum absolute atomic E-state index is 11.6. The van der Waals surface area contributed by atoms with Crippen molar-refractivity contribution in [2.75, 3.05) is 11.1 Å². The lowest BCUT2D eigenvalue weighted by atomic mass is 10.2. The van der Waals surface area contributed by atoms with E-state index in [1.165, 1.54) is 22.0 Å². The maximum atomic E-state index is 11.6. The molecule has 1 N–H and O–H groups in total. The highest BCUT2D eigenvalue weighted by Gasteiger charge is 2.10. The number of anilines is 1. The number of aryl methyl sites for hydroxylation is 2. The smallest absolute Gasteiger partial charge is 0.288 e. The maximum Gasteiger partial charge on any atom is 0.302 e. The summed E-state index contributed by atoms with van der Waals surface area (Å²) >= 11 is 1.48. The van der Waals surface area contributed by atoms with Crippen molar-refractivity contribution < 1.29 is 14.0 Å². The van der Waals surface area contributed by atoms with Crippen LogP contribution < -0.4 is 10.00 Å². The fourth-order valence-electron chi connectivity index (χ4n) is 1.34. The summed E-state index contributed by atoms with van der Waals surface area (Å²) in [6, 6.07) is 8.05. The summed E-state index contributed by atoms with van der Waals surface area (Å²) < 4.78 is 6.36. The molecule has 5 nitrogen and oxygen atoms in total. The van der Waals surface area contributed by atoms with Crippen molar-refractivity contribution in [2.45, 2.75) is 11.8 Å². The number of benzene rings is 1. The van der Waals surface area contributed by atoms with Gasteiger partial charge in [0.2, 0.25) is 5.91 Å². The van der Waals surface area contributed by atoms with Gasteiger partial charge in [-0.2, -0.15) is 0 Å². The van der Waals surface area contributed by atoms with Crippen LogP contribution in [0.3, 0.4) is 0 Å². The van der Waals surface area contributed by atoms with Crippen LogP contribution in [0.4, 0.5) is 5.88 Å². The van der Waals surface area contributed by atoms with Crippen LogP contribution in [0.1, 0.15) is 5.56 Å². The van der Waals surface area contributed by atoms with Crippen molar-refractivity contribution in [3.63, 3.8) is 0 Å². The molecule has 0 radical (unpaired) electrons. The molecular formula is C12H14N3O2S+. The molecule has 1 heterocycles. The molecule has 0 aliphatic rings. The van der Waals surface area contributed by atoms with Gasteiger partial charge < -0.3 is 0 Å². The van der Waals surface area contributed by atoms with E-state index in [4.69, 9.17) is 4.52 Å². The molecule has 0 bridgehead atoms. The molecule has 6 heteroatoms. The molecule has 0 unspecified atom stereocenters. The molecule has 1 aromatic carbocycles. The second-order valence-corrected chi connectivity index (χ2v) is 4.94. The molecule has 94 valence electrons. The quantitative estimate of drug-likeness (QED) is 0.672.